The molecule has 8 nitrogen and oxygen atoms in total. The zero-order valence-corrected chi connectivity index (χ0v) is 20.4. The molecule has 1 saturated carbocycles. The number of halogens is 3. The van der Waals surface area contributed by atoms with E-state index < -0.39 is 29.7 Å². The summed E-state index contributed by atoms with van der Waals surface area (Å²) in [5.41, 5.74) is 2.65. The monoisotopic (exact) mass is 518 g/mol. The highest BCUT2D eigenvalue weighted by Gasteiger charge is 2.40. The van der Waals surface area contributed by atoms with E-state index in [0.717, 1.165) is 4.73 Å². The first-order valence-corrected chi connectivity index (χ1v) is 11.8. The first-order valence-electron chi connectivity index (χ1n) is 11.4. The Labute approximate surface area is 211 Å². The largest absolute Gasteiger partial charge is 0.618 e. The molecule has 1 aliphatic rings. The Morgan fingerprint density at radius 2 is 1.86 bits per heavy atom. The molecule has 0 spiro atoms. The Bertz CT molecular complexity index is 1270. The lowest BCUT2D eigenvalue weighted by molar-refractivity contribution is -0.611. The highest BCUT2D eigenvalue weighted by molar-refractivity contribution is 6.33. The van der Waals surface area contributed by atoms with Gasteiger partial charge in [0.1, 0.15) is 17.9 Å². The minimum absolute atomic E-state index is 0.0912. The van der Waals surface area contributed by atoms with Crippen molar-refractivity contribution in [1.29, 1.82) is 0 Å². The van der Waals surface area contributed by atoms with E-state index in [1.165, 1.54) is 18.5 Å². The van der Waals surface area contributed by atoms with E-state index >= 15 is 0 Å². The van der Waals surface area contributed by atoms with Crippen LogP contribution < -0.4 is 15.4 Å². The van der Waals surface area contributed by atoms with Crippen LogP contribution in [0.4, 0.5) is 14.5 Å². The number of rotatable bonds is 6. The van der Waals surface area contributed by atoms with Gasteiger partial charge in [0.15, 0.2) is 11.9 Å². The average Bonchev–Trinajstić information content (AvgIpc) is 3.27. The Kier molecular flexibility index (Phi) is 7.26. The standard InChI is InChI=1S/C25H25ClF2N4O4/c1-14-19(13-36-31-14)23(33)30-22(17-7-10-25(27,28)11-8-17)24(34)29-18-5-3-16(4-6-18)21-15(2)32(35)12-9-20(21)26/h3-6,9,12-13,17,22H,7-8,10-11H2,1-2H3,(H,29,34)(H,30,33)/t22-/m0/s1. The fourth-order valence-corrected chi connectivity index (χ4v) is 4.72. The summed E-state index contributed by atoms with van der Waals surface area (Å²) in [7, 11) is 0. The molecule has 1 fully saturated rings. The molecule has 1 aliphatic carbocycles. The predicted molar refractivity (Wildman–Crippen MR) is 129 cm³/mol. The van der Waals surface area contributed by atoms with Crippen LogP contribution in [0.1, 0.15) is 47.4 Å². The van der Waals surface area contributed by atoms with Crippen molar-refractivity contribution in [2.75, 3.05) is 5.32 Å². The summed E-state index contributed by atoms with van der Waals surface area (Å²) in [5, 5.41) is 21.5. The zero-order valence-electron chi connectivity index (χ0n) is 19.7. The van der Waals surface area contributed by atoms with Crippen molar-refractivity contribution in [1.82, 2.24) is 10.5 Å². The van der Waals surface area contributed by atoms with Crippen LogP contribution in [-0.4, -0.2) is 28.9 Å². The fourth-order valence-electron chi connectivity index (χ4n) is 4.42. The second-order valence-electron chi connectivity index (χ2n) is 8.97. The summed E-state index contributed by atoms with van der Waals surface area (Å²) in [6.07, 6.45) is 1.98. The van der Waals surface area contributed by atoms with E-state index in [-0.39, 0.29) is 31.2 Å². The molecule has 0 saturated heterocycles. The number of nitrogens with one attached hydrogen (secondary N) is 2. The van der Waals surface area contributed by atoms with Gasteiger partial charge in [-0.25, -0.2) is 8.78 Å². The van der Waals surface area contributed by atoms with Crippen LogP contribution in [0, 0.1) is 25.0 Å². The van der Waals surface area contributed by atoms with Gasteiger partial charge in [-0.05, 0) is 43.4 Å². The molecule has 0 bridgehead atoms. The van der Waals surface area contributed by atoms with E-state index in [9.17, 15) is 23.6 Å². The lowest BCUT2D eigenvalue weighted by Gasteiger charge is -2.33. The van der Waals surface area contributed by atoms with Gasteiger partial charge in [-0.2, -0.15) is 4.73 Å². The molecule has 190 valence electrons. The molecule has 1 aromatic carbocycles. The second kappa shape index (κ2) is 10.2. The van der Waals surface area contributed by atoms with Crippen molar-refractivity contribution in [3.8, 4) is 11.1 Å². The normalized spacial score (nSPS) is 16.4. The topological polar surface area (TPSA) is 111 Å². The molecule has 0 aliphatic heterocycles. The molecule has 0 unspecified atom stereocenters. The minimum Gasteiger partial charge on any atom is -0.618 e. The number of carbonyl (C=O) groups excluding carboxylic acids is 2. The van der Waals surface area contributed by atoms with Gasteiger partial charge in [0.05, 0.1) is 16.3 Å². The number of alkyl halides is 2. The summed E-state index contributed by atoms with van der Waals surface area (Å²) in [6.45, 7) is 3.24. The van der Waals surface area contributed by atoms with Crippen LogP contribution in [-0.2, 0) is 4.79 Å². The lowest BCUT2D eigenvalue weighted by Crippen LogP contribution is -2.50. The number of aryl methyl sites for hydroxylation is 1. The fraction of sp³-hybridized carbons (Fsp3) is 0.360. The van der Waals surface area contributed by atoms with Crippen molar-refractivity contribution < 1.29 is 27.6 Å². The number of benzene rings is 1. The molecular formula is C25H25ClF2N4O4. The van der Waals surface area contributed by atoms with Crippen molar-refractivity contribution >= 4 is 29.1 Å². The van der Waals surface area contributed by atoms with Crippen molar-refractivity contribution in [2.45, 2.75) is 51.5 Å². The number of anilines is 1. The number of aromatic nitrogens is 2. The molecule has 2 amide bonds. The summed E-state index contributed by atoms with van der Waals surface area (Å²) in [5.74, 6) is -4.33. The van der Waals surface area contributed by atoms with Gasteiger partial charge < -0.3 is 20.4 Å². The Morgan fingerprint density at radius 3 is 2.47 bits per heavy atom. The summed E-state index contributed by atoms with van der Waals surface area (Å²) < 4.78 is 33.0. The van der Waals surface area contributed by atoms with Crippen LogP contribution in [0.5, 0.6) is 0 Å². The van der Waals surface area contributed by atoms with Gasteiger partial charge in [0, 0.05) is 31.5 Å². The molecule has 2 heterocycles. The number of carbonyl (C=O) groups is 2. The van der Waals surface area contributed by atoms with E-state index in [1.54, 1.807) is 38.1 Å². The molecule has 0 radical (unpaired) electrons. The van der Waals surface area contributed by atoms with Crippen molar-refractivity contribution in [2.24, 2.45) is 5.92 Å². The number of amides is 2. The van der Waals surface area contributed by atoms with Gasteiger partial charge in [0.2, 0.25) is 11.8 Å². The first kappa shape index (κ1) is 25.6. The highest BCUT2D eigenvalue weighted by Crippen LogP contribution is 2.38. The molecular weight excluding hydrogens is 494 g/mol. The van der Waals surface area contributed by atoms with Gasteiger partial charge >= 0.3 is 0 Å². The van der Waals surface area contributed by atoms with Gasteiger partial charge in [-0.1, -0.05) is 28.9 Å². The van der Waals surface area contributed by atoms with Crippen LogP contribution in [0.15, 0.2) is 47.3 Å². The molecule has 11 heteroatoms. The summed E-state index contributed by atoms with van der Waals surface area (Å²) in [4.78, 5) is 26.0. The van der Waals surface area contributed by atoms with E-state index in [0.29, 0.717) is 33.2 Å². The number of nitrogens with zero attached hydrogens (tertiary/aromatic N) is 2. The summed E-state index contributed by atoms with van der Waals surface area (Å²) >= 11 is 6.28. The van der Waals surface area contributed by atoms with Gasteiger partial charge in [-0.3, -0.25) is 9.59 Å². The van der Waals surface area contributed by atoms with Gasteiger partial charge in [0.25, 0.3) is 5.91 Å². The predicted octanol–water partition coefficient (Wildman–Crippen LogP) is 4.81. The molecule has 2 aromatic heterocycles. The molecule has 1 atom stereocenters. The molecule has 3 aromatic rings. The lowest BCUT2D eigenvalue weighted by atomic mass is 9.81. The number of hydrogen-bond donors (Lipinski definition) is 2. The molecule has 36 heavy (non-hydrogen) atoms. The SMILES string of the molecule is Cc1nocc1C(=O)N[C@H](C(=O)Nc1ccc(-c2c(Cl)cc[n+]([O-])c2C)cc1)C1CCC(F)(F)CC1. The first-order chi connectivity index (χ1) is 17.1. The van der Waals surface area contributed by atoms with Gasteiger partial charge in [-0.15, -0.1) is 0 Å². The van der Waals surface area contributed by atoms with Crippen LogP contribution in [0.2, 0.25) is 5.02 Å². The minimum atomic E-state index is -2.78. The third kappa shape index (κ3) is 5.48. The smallest absolute Gasteiger partial charge is 0.257 e. The van der Waals surface area contributed by atoms with E-state index in [2.05, 4.69) is 15.8 Å². The Balaban J connectivity index is 1.53. The number of hydrogen-bond acceptors (Lipinski definition) is 5. The maximum atomic E-state index is 13.7. The third-order valence-corrected chi connectivity index (χ3v) is 6.84. The maximum absolute atomic E-state index is 13.7. The maximum Gasteiger partial charge on any atom is 0.257 e. The van der Waals surface area contributed by atoms with Crippen LogP contribution in [0.25, 0.3) is 11.1 Å². The Hall–Kier alpha value is -3.53. The van der Waals surface area contributed by atoms with Crippen LogP contribution in [0.3, 0.4) is 0 Å². The Morgan fingerprint density at radius 1 is 1.19 bits per heavy atom. The van der Waals surface area contributed by atoms with E-state index in [4.69, 9.17) is 16.1 Å². The van der Waals surface area contributed by atoms with Crippen LogP contribution >= 0.6 is 11.6 Å². The number of pyridine rings is 1. The summed E-state index contributed by atoms with van der Waals surface area (Å²) in [6, 6.07) is 7.17. The third-order valence-electron chi connectivity index (χ3n) is 6.53. The van der Waals surface area contributed by atoms with E-state index in [1.807, 2.05) is 0 Å². The molecule has 4 rings (SSSR count). The average molecular weight is 519 g/mol. The quantitative estimate of drug-likeness (QED) is 0.359. The van der Waals surface area contributed by atoms with Crippen molar-refractivity contribution in [3.63, 3.8) is 0 Å². The van der Waals surface area contributed by atoms with Crippen molar-refractivity contribution in [3.05, 3.63) is 70.0 Å². The highest BCUT2D eigenvalue weighted by atomic mass is 35.5. The molecule has 2 N–H and O–H groups in total. The second-order valence-corrected chi connectivity index (χ2v) is 9.38. The zero-order chi connectivity index (χ0) is 26.0.